The minimum Gasteiger partial charge on any atom is -0.423 e. The first-order chi connectivity index (χ1) is 23.9. The molecule has 1 saturated carbocycles. The maximum atomic E-state index is 6.95. The molecule has 0 amide bonds. The van der Waals surface area contributed by atoms with Crippen LogP contribution >= 0.6 is 11.6 Å². The summed E-state index contributed by atoms with van der Waals surface area (Å²) in [6.07, 6.45) is 5.97. The van der Waals surface area contributed by atoms with Crippen LogP contribution in [0.5, 0.6) is 0 Å². The van der Waals surface area contributed by atoms with Crippen LogP contribution in [0.3, 0.4) is 0 Å². The maximum Gasteiger partial charge on any atom is 0.220 e. The first kappa shape index (κ1) is 34.8. The van der Waals surface area contributed by atoms with E-state index in [1.807, 2.05) is 12.1 Å². The van der Waals surface area contributed by atoms with Crippen molar-refractivity contribution in [1.82, 2.24) is 9.88 Å². The maximum absolute atomic E-state index is 6.95. The summed E-state index contributed by atoms with van der Waals surface area (Å²) >= 11 is 6.26. The second kappa shape index (κ2) is 16.5. The van der Waals surface area contributed by atoms with Gasteiger partial charge in [0.05, 0.1) is 6.67 Å². The fourth-order valence-corrected chi connectivity index (χ4v) is 7.88. The molecule has 1 aliphatic rings. The van der Waals surface area contributed by atoms with Crippen molar-refractivity contribution in [3.05, 3.63) is 149 Å². The molecule has 256 valence electrons. The van der Waals surface area contributed by atoms with Gasteiger partial charge in [-0.2, -0.15) is 0 Å². The molecule has 4 aromatic carbocycles. The summed E-state index contributed by atoms with van der Waals surface area (Å²) in [6, 6.07) is 40.4. The molecule has 1 fully saturated rings. The molecule has 6 rings (SSSR count). The average Bonchev–Trinajstić information content (AvgIpc) is 3.55. The number of nitrogens with zero attached hydrogens (tertiary/aromatic N) is 4. The number of oxazole rings is 1. The molecule has 2 N–H and O–H groups in total. The monoisotopic (exact) mass is 675 g/mol. The smallest absolute Gasteiger partial charge is 0.220 e. The number of para-hydroxylation sites is 1. The molecule has 0 radical (unpaired) electrons. The van der Waals surface area contributed by atoms with Gasteiger partial charge in [0, 0.05) is 36.8 Å². The van der Waals surface area contributed by atoms with Gasteiger partial charge in [0.1, 0.15) is 11.7 Å². The van der Waals surface area contributed by atoms with Gasteiger partial charge in [0.2, 0.25) is 11.8 Å². The van der Waals surface area contributed by atoms with Crippen LogP contribution < -0.4 is 15.5 Å². The summed E-state index contributed by atoms with van der Waals surface area (Å²) < 4.78 is 6.95. The molecular weight excluding hydrogens is 626 g/mol. The third-order valence-electron chi connectivity index (χ3n) is 10.2. The average molecular weight is 676 g/mol. The second-order valence-electron chi connectivity index (χ2n) is 13.7. The van der Waals surface area contributed by atoms with Crippen LogP contribution in [-0.2, 0) is 12.8 Å². The molecule has 7 heteroatoms. The van der Waals surface area contributed by atoms with E-state index in [0.717, 1.165) is 66.8 Å². The van der Waals surface area contributed by atoms with E-state index in [4.69, 9.17) is 26.7 Å². The predicted molar refractivity (Wildman–Crippen MR) is 203 cm³/mol. The summed E-state index contributed by atoms with van der Waals surface area (Å²) in [5.41, 5.74) is 12.5. The molecule has 49 heavy (non-hydrogen) atoms. The lowest BCUT2D eigenvalue weighted by molar-refractivity contribution is 0.135. The summed E-state index contributed by atoms with van der Waals surface area (Å²) in [7, 11) is 6.51. The van der Waals surface area contributed by atoms with E-state index in [2.05, 4.69) is 139 Å². The molecule has 5 aromatic rings. The number of nitrogens with two attached hydrogens (primary N) is 1. The van der Waals surface area contributed by atoms with Crippen LogP contribution in [0, 0.1) is 11.8 Å². The van der Waals surface area contributed by atoms with Crippen molar-refractivity contribution in [3.63, 3.8) is 0 Å². The molecule has 1 aromatic heterocycles. The van der Waals surface area contributed by atoms with Crippen molar-refractivity contribution in [2.24, 2.45) is 17.6 Å². The topological polar surface area (TPSA) is 61.8 Å². The third-order valence-corrected chi connectivity index (χ3v) is 10.4. The predicted octanol–water partition coefficient (Wildman–Crippen LogP) is 9.17. The normalized spacial score (nSPS) is 17.5. The number of aromatic nitrogens is 1. The zero-order valence-corrected chi connectivity index (χ0v) is 29.8. The van der Waals surface area contributed by atoms with Gasteiger partial charge in [0.25, 0.3) is 0 Å². The van der Waals surface area contributed by atoms with Gasteiger partial charge in [-0.1, -0.05) is 103 Å². The first-order valence-electron chi connectivity index (χ1n) is 17.6. The Morgan fingerprint density at radius 1 is 0.735 bits per heavy atom. The minimum absolute atomic E-state index is 0.0903. The second-order valence-corrected chi connectivity index (χ2v) is 14.1. The highest BCUT2D eigenvalue weighted by molar-refractivity contribution is 6.30. The van der Waals surface area contributed by atoms with Crippen molar-refractivity contribution < 1.29 is 4.42 Å². The lowest BCUT2D eigenvalue weighted by Crippen LogP contribution is -2.40. The third kappa shape index (κ3) is 8.56. The SMILES string of the molecule is CN(CCc1ccccc1)c1oc(C(C2CCC(C(c3ccc(Cl)cc3)N(C)C)CC2)N(CN)c2ccccc2)nc1Cc1ccccc1. The molecule has 0 saturated heterocycles. The fourth-order valence-electron chi connectivity index (χ4n) is 7.75. The van der Waals surface area contributed by atoms with Crippen molar-refractivity contribution in [2.75, 3.05) is 44.2 Å². The van der Waals surface area contributed by atoms with Crippen molar-refractivity contribution in [1.29, 1.82) is 0 Å². The van der Waals surface area contributed by atoms with Crippen molar-refractivity contribution in [2.45, 2.75) is 50.6 Å². The zero-order valence-electron chi connectivity index (χ0n) is 29.1. The Labute approximate surface area is 297 Å². The fraction of sp³-hybridized carbons (Fsp3) is 0.357. The van der Waals surface area contributed by atoms with Crippen molar-refractivity contribution in [3.8, 4) is 0 Å². The standard InChI is InChI=1S/C42H50ClN5O/c1-46(2)39(34-23-25-36(43)26-24-34)33-19-21-35(22-20-33)40(48(30-44)37-17-11-6-12-18-37)41-45-38(29-32-15-9-5-10-16-32)42(49-41)47(3)28-27-31-13-7-4-8-14-31/h4-18,23-26,33,35,39-40H,19-22,27-30,44H2,1-3H3. The Morgan fingerprint density at radius 3 is 1.86 bits per heavy atom. The number of anilines is 2. The number of rotatable bonds is 14. The molecule has 0 bridgehead atoms. The van der Waals surface area contributed by atoms with Gasteiger partial charge in [-0.25, -0.2) is 4.98 Å². The molecular formula is C42H50ClN5O. The van der Waals surface area contributed by atoms with E-state index in [9.17, 15) is 0 Å². The van der Waals surface area contributed by atoms with Gasteiger partial charge >= 0.3 is 0 Å². The van der Waals surface area contributed by atoms with Gasteiger partial charge in [0.15, 0.2) is 0 Å². The number of hydrogen-bond acceptors (Lipinski definition) is 6. The summed E-state index contributed by atoms with van der Waals surface area (Å²) in [4.78, 5) is 12.3. The van der Waals surface area contributed by atoms with Gasteiger partial charge < -0.3 is 24.9 Å². The highest BCUT2D eigenvalue weighted by Crippen LogP contribution is 2.46. The van der Waals surface area contributed by atoms with Crippen LogP contribution in [0.2, 0.25) is 5.02 Å². The molecule has 2 atom stereocenters. The lowest BCUT2D eigenvalue weighted by atomic mass is 9.73. The summed E-state index contributed by atoms with van der Waals surface area (Å²) in [6.45, 7) is 1.20. The quantitative estimate of drug-likeness (QED) is 0.118. The number of halogens is 1. The highest BCUT2D eigenvalue weighted by Gasteiger charge is 2.39. The van der Waals surface area contributed by atoms with Crippen LogP contribution in [0.15, 0.2) is 120 Å². The molecule has 1 heterocycles. The number of benzene rings is 4. The van der Waals surface area contributed by atoms with Crippen molar-refractivity contribution >= 4 is 23.2 Å². The first-order valence-corrected chi connectivity index (χ1v) is 18.0. The van der Waals surface area contributed by atoms with Gasteiger partial charge in [-0.15, -0.1) is 0 Å². The van der Waals surface area contributed by atoms with E-state index in [1.54, 1.807) is 0 Å². The van der Waals surface area contributed by atoms with Gasteiger partial charge in [-0.05, 0) is 99.0 Å². The van der Waals surface area contributed by atoms with E-state index in [0.29, 0.717) is 31.0 Å². The van der Waals surface area contributed by atoms with Crippen LogP contribution in [0.25, 0.3) is 0 Å². The largest absolute Gasteiger partial charge is 0.423 e. The highest BCUT2D eigenvalue weighted by atomic mass is 35.5. The van der Waals surface area contributed by atoms with E-state index in [-0.39, 0.29) is 6.04 Å². The van der Waals surface area contributed by atoms with Crippen LogP contribution in [0.4, 0.5) is 11.6 Å². The Balaban J connectivity index is 1.32. The summed E-state index contributed by atoms with van der Waals surface area (Å²) in [5.74, 6) is 2.47. The van der Waals surface area contributed by atoms with E-state index >= 15 is 0 Å². The zero-order chi connectivity index (χ0) is 34.2. The Bertz CT molecular complexity index is 1700. The van der Waals surface area contributed by atoms with Gasteiger partial charge in [-0.3, -0.25) is 0 Å². The molecule has 0 aliphatic heterocycles. The molecule has 1 aliphatic carbocycles. The molecule has 0 spiro atoms. The minimum atomic E-state index is -0.0903. The Kier molecular flexibility index (Phi) is 11.7. The van der Waals surface area contributed by atoms with Crippen LogP contribution in [0.1, 0.15) is 66.0 Å². The van der Waals surface area contributed by atoms with Crippen LogP contribution in [-0.4, -0.2) is 44.2 Å². The lowest BCUT2D eigenvalue weighted by Gasteiger charge is -2.42. The number of likely N-dealkylation sites (N-methyl/N-ethyl adjacent to an activating group) is 1. The Hall–Kier alpha value is -4.10. The summed E-state index contributed by atoms with van der Waals surface area (Å²) in [5, 5.41) is 0.776. The molecule has 2 unspecified atom stereocenters. The van der Waals surface area contributed by atoms with E-state index < -0.39 is 0 Å². The number of hydrogen-bond donors (Lipinski definition) is 1. The molecule has 6 nitrogen and oxygen atoms in total. The Morgan fingerprint density at radius 2 is 1.29 bits per heavy atom. The van der Waals surface area contributed by atoms with E-state index in [1.165, 1.54) is 16.7 Å².